The molecule has 2 N–H and O–H groups in total. The molecule has 1 fully saturated rings. The molecule has 1 saturated heterocycles. The molecule has 58 valence electrons. The van der Waals surface area contributed by atoms with Crippen molar-refractivity contribution in [3.63, 3.8) is 0 Å². The minimum absolute atomic E-state index is 0.230. The third kappa shape index (κ3) is 1.19. The Morgan fingerprint density at radius 3 is 2.82 bits per heavy atom. The van der Waals surface area contributed by atoms with Crippen LogP contribution < -0.4 is 5.32 Å². The lowest BCUT2D eigenvalue weighted by Gasteiger charge is -2.26. The van der Waals surface area contributed by atoms with Gasteiger partial charge in [-0.2, -0.15) is 0 Å². The molecule has 0 aromatic carbocycles. The summed E-state index contributed by atoms with van der Waals surface area (Å²) in [4.78, 5) is 4.09. The molecule has 3 nitrogen and oxygen atoms in total. The highest BCUT2D eigenvalue weighted by Crippen LogP contribution is 2.21. The Morgan fingerprint density at radius 1 is 1.55 bits per heavy atom. The SMILES string of the molecule is Oc1ccc([C@@H]2CCN2)nc1. The van der Waals surface area contributed by atoms with Crippen LogP contribution >= 0.6 is 0 Å². The smallest absolute Gasteiger partial charge is 0.133 e. The van der Waals surface area contributed by atoms with Crippen molar-refractivity contribution in [1.82, 2.24) is 10.3 Å². The first-order chi connectivity index (χ1) is 5.36. The van der Waals surface area contributed by atoms with Crippen molar-refractivity contribution in [2.24, 2.45) is 0 Å². The van der Waals surface area contributed by atoms with E-state index >= 15 is 0 Å². The van der Waals surface area contributed by atoms with Crippen molar-refractivity contribution in [1.29, 1.82) is 0 Å². The summed E-state index contributed by atoms with van der Waals surface area (Å²) >= 11 is 0. The zero-order valence-corrected chi connectivity index (χ0v) is 6.12. The predicted octanol–water partition coefficient (Wildman–Crippen LogP) is 0.822. The molecule has 1 aliphatic rings. The van der Waals surface area contributed by atoms with E-state index in [1.54, 1.807) is 6.07 Å². The summed E-state index contributed by atoms with van der Waals surface area (Å²) in [7, 11) is 0. The quantitative estimate of drug-likeness (QED) is 0.623. The lowest BCUT2D eigenvalue weighted by atomic mass is 10.0. The van der Waals surface area contributed by atoms with Gasteiger partial charge < -0.3 is 10.4 Å². The van der Waals surface area contributed by atoms with E-state index in [9.17, 15) is 0 Å². The second-order valence-corrected chi connectivity index (χ2v) is 2.74. The number of hydrogen-bond donors (Lipinski definition) is 2. The molecule has 2 heterocycles. The van der Waals surface area contributed by atoms with E-state index in [1.807, 2.05) is 6.07 Å². The Kier molecular flexibility index (Phi) is 1.51. The summed E-state index contributed by atoms with van der Waals surface area (Å²) in [5, 5.41) is 12.2. The summed E-state index contributed by atoms with van der Waals surface area (Å²) in [6, 6.07) is 3.93. The first-order valence-electron chi connectivity index (χ1n) is 3.74. The highest BCUT2D eigenvalue weighted by molar-refractivity contribution is 5.20. The molecule has 3 heteroatoms. The maximum Gasteiger partial charge on any atom is 0.133 e. The topological polar surface area (TPSA) is 45.1 Å². The van der Waals surface area contributed by atoms with Crippen LogP contribution in [0.4, 0.5) is 0 Å². The monoisotopic (exact) mass is 150 g/mol. The van der Waals surface area contributed by atoms with Crippen LogP contribution in [0.1, 0.15) is 18.2 Å². The van der Waals surface area contributed by atoms with Crippen molar-refractivity contribution >= 4 is 0 Å². The first-order valence-corrected chi connectivity index (χ1v) is 3.74. The number of hydrogen-bond acceptors (Lipinski definition) is 3. The molecule has 0 unspecified atom stereocenters. The highest BCUT2D eigenvalue weighted by Gasteiger charge is 2.18. The van der Waals surface area contributed by atoms with Gasteiger partial charge in [0.1, 0.15) is 5.75 Å². The lowest BCUT2D eigenvalue weighted by Crippen LogP contribution is -2.35. The summed E-state index contributed by atoms with van der Waals surface area (Å²) in [6.07, 6.45) is 2.63. The Labute approximate surface area is 65.1 Å². The molecule has 11 heavy (non-hydrogen) atoms. The van der Waals surface area contributed by atoms with Gasteiger partial charge in [0.15, 0.2) is 0 Å². The third-order valence-corrected chi connectivity index (χ3v) is 1.95. The minimum atomic E-state index is 0.230. The maximum atomic E-state index is 8.95. The van der Waals surface area contributed by atoms with Gasteiger partial charge in [-0.1, -0.05) is 0 Å². The van der Waals surface area contributed by atoms with E-state index in [2.05, 4.69) is 10.3 Å². The predicted molar refractivity (Wildman–Crippen MR) is 41.3 cm³/mol. The number of pyridine rings is 1. The summed E-state index contributed by atoms with van der Waals surface area (Å²) in [6.45, 7) is 1.08. The van der Waals surface area contributed by atoms with Crippen molar-refractivity contribution in [3.8, 4) is 5.75 Å². The lowest BCUT2D eigenvalue weighted by molar-refractivity contribution is 0.374. The van der Waals surface area contributed by atoms with Gasteiger partial charge >= 0.3 is 0 Å². The molecule has 1 aromatic heterocycles. The van der Waals surface area contributed by atoms with E-state index in [-0.39, 0.29) is 5.75 Å². The van der Waals surface area contributed by atoms with Crippen LogP contribution in [-0.2, 0) is 0 Å². The Hall–Kier alpha value is -1.09. The fourth-order valence-electron chi connectivity index (χ4n) is 1.14. The normalized spacial score (nSPS) is 22.7. The van der Waals surface area contributed by atoms with Gasteiger partial charge in [0.05, 0.1) is 17.9 Å². The van der Waals surface area contributed by atoms with Crippen LogP contribution in [0.15, 0.2) is 18.3 Å². The van der Waals surface area contributed by atoms with Crippen LogP contribution in [0.25, 0.3) is 0 Å². The summed E-state index contributed by atoms with van der Waals surface area (Å²) in [5.41, 5.74) is 1.02. The Balaban J connectivity index is 2.18. The van der Waals surface area contributed by atoms with E-state index in [4.69, 9.17) is 5.11 Å². The average Bonchev–Trinajstić information content (AvgIpc) is 1.90. The van der Waals surface area contributed by atoms with Crippen LogP contribution in [0.3, 0.4) is 0 Å². The molecule has 1 aromatic rings. The molecule has 0 aliphatic carbocycles. The van der Waals surface area contributed by atoms with Gasteiger partial charge in [0.2, 0.25) is 0 Å². The molecule has 0 amide bonds. The standard InChI is InChI=1S/C8H10N2O/c11-6-1-2-7(10-5-6)8-3-4-9-8/h1-2,5,8-9,11H,3-4H2/t8-/m0/s1. The number of aromatic hydroxyl groups is 1. The maximum absolute atomic E-state index is 8.95. The van der Waals surface area contributed by atoms with E-state index in [1.165, 1.54) is 6.20 Å². The molecule has 0 spiro atoms. The number of rotatable bonds is 1. The average molecular weight is 150 g/mol. The molecule has 0 radical (unpaired) electrons. The molecule has 1 atom stereocenters. The van der Waals surface area contributed by atoms with Gasteiger partial charge in [0.25, 0.3) is 0 Å². The van der Waals surface area contributed by atoms with Crippen molar-refractivity contribution < 1.29 is 5.11 Å². The molecular weight excluding hydrogens is 140 g/mol. The zero-order chi connectivity index (χ0) is 7.68. The third-order valence-electron chi connectivity index (χ3n) is 1.95. The molecule has 0 saturated carbocycles. The van der Waals surface area contributed by atoms with Crippen LogP contribution in [0.5, 0.6) is 5.75 Å². The number of nitrogens with one attached hydrogen (secondary N) is 1. The van der Waals surface area contributed by atoms with Crippen LogP contribution in [0, 0.1) is 0 Å². The van der Waals surface area contributed by atoms with Crippen molar-refractivity contribution in [2.75, 3.05) is 6.54 Å². The number of nitrogens with zero attached hydrogens (tertiary/aromatic N) is 1. The van der Waals surface area contributed by atoms with Gasteiger partial charge in [0, 0.05) is 0 Å². The van der Waals surface area contributed by atoms with Crippen LogP contribution in [-0.4, -0.2) is 16.6 Å². The Bertz CT molecular complexity index is 241. The van der Waals surface area contributed by atoms with Crippen molar-refractivity contribution in [3.05, 3.63) is 24.0 Å². The fraction of sp³-hybridized carbons (Fsp3) is 0.375. The van der Waals surface area contributed by atoms with Gasteiger partial charge in [-0.25, -0.2) is 0 Å². The largest absolute Gasteiger partial charge is 0.506 e. The number of aromatic nitrogens is 1. The van der Waals surface area contributed by atoms with E-state index in [0.29, 0.717) is 6.04 Å². The summed E-state index contributed by atoms with van der Waals surface area (Å²) in [5.74, 6) is 0.230. The molecule has 0 bridgehead atoms. The van der Waals surface area contributed by atoms with Crippen molar-refractivity contribution in [2.45, 2.75) is 12.5 Å². The second kappa shape index (κ2) is 2.51. The van der Waals surface area contributed by atoms with Gasteiger partial charge in [-0.05, 0) is 25.1 Å². The second-order valence-electron chi connectivity index (χ2n) is 2.74. The zero-order valence-electron chi connectivity index (χ0n) is 6.12. The Morgan fingerprint density at radius 2 is 2.36 bits per heavy atom. The first kappa shape index (κ1) is 6.61. The summed E-state index contributed by atoms with van der Waals surface area (Å²) < 4.78 is 0. The fourth-order valence-corrected chi connectivity index (χ4v) is 1.14. The minimum Gasteiger partial charge on any atom is -0.506 e. The van der Waals surface area contributed by atoms with Crippen LogP contribution in [0.2, 0.25) is 0 Å². The molecule has 1 aliphatic heterocycles. The van der Waals surface area contributed by atoms with E-state index in [0.717, 1.165) is 18.7 Å². The molecule has 2 rings (SSSR count). The van der Waals surface area contributed by atoms with Gasteiger partial charge in [-0.15, -0.1) is 0 Å². The van der Waals surface area contributed by atoms with E-state index < -0.39 is 0 Å². The highest BCUT2D eigenvalue weighted by atomic mass is 16.3. The molecular formula is C8H10N2O. The van der Waals surface area contributed by atoms with Gasteiger partial charge in [-0.3, -0.25) is 4.98 Å².